The van der Waals surface area contributed by atoms with Crippen LogP contribution in [0.25, 0.3) is 0 Å². The maximum atomic E-state index is 12.1. The molecule has 0 saturated carbocycles. The molecule has 0 amide bonds. The van der Waals surface area contributed by atoms with Gasteiger partial charge in [0, 0.05) is 0 Å². The van der Waals surface area contributed by atoms with Gasteiger partial charge in [0.25, 0.3) is 0 Å². The van der Waals surface area contributed by atoms with E-state index >= 15 is 0 Å². The summed E-state index contributed by atoms with van der Waals surface area (Å²) in [5, 5.41) is 0. The first-order chi connectivity index (χ1) is 13.5. The van der Waals surface area contributed by atoms with Crippen molar-refractivity contribution in [2.75, 3.05) is 13.2 Å². The van der Waals surface area contributed by atoms with Crippen molar-refractivity contribution in [3.63, 3.8) is 0 Å². The van der Waals surface area contributed by atoms with Crippen LogP contribution in [0.4, 0.5) is 0 Å². The summed E-state index contributed by atoms with van der Waals surface area (Å²) in [5.41, 5.74) is -1.22. The van der Waals surface area contributed by atoms with E-state index in [-0.39, 0.29) is 0 Å². The van der Waals surface area contributed by atoms with Crippen molar-refractivity contribution in [2.24, 2.45) is 5.41 Å². The second-order valence-corrected chi connectivity index (χ2v) is 8.49. The molecule has 0 rings (SSSR count). The van der Waals surface area contributed by atoms with Crippen molar-refractivity contribution in [3.05, 3.63) is 0 Å². The molecular weight excluding hydrogens is 352 g/mol. The normalized spacial score (nSPS) is 11.4. The largest absolute Gasteiger partial charge is 0.465 e. The van der Waals surface area contributed by atoms with Gasteiger partial charge in [0.05, 0.1) is 13.2 Å². The van der Waals surface area contributed by atoms with E-state index in [1.807, 2.05) is 6.92 Å². The highest BCUT2D eigenvalue weighted by molar-refractivity contribution is 5.99. The monoisotopic (exact) mass is 398 g/mol. The number of hydrogen-bond acceptors (Lipinski definition) is 4. The average Bonchev–Trinajstić information content (AvgIpc) is 2.68. The van der Waals surface area contributed by atoms with E-state index < -0.39 is 17.4 Å². The molecule has 0 bridgehead atoms. The lowest BCUT2D eigenvalue weighted by atomic mass is 9.94. The van der Waals surface area contributed by atoms with E-state index in [2.05, 4.69) is 6.92 Å². The predicted molar refractivity (Wildman–Crippen MR) is 116 cm³/mol. The van der Waals surface area contributed by atoms with Crippen LogP contribution in [-0.2, 0) is 19.1 Å². The van der Waals surface area contributed by atoms with Crippen molar-refractivity contribution in [1.82, 2.24) is 0 Å². The maximum Gasteiger partial charge on any atom is 0.322 e. The molecule has 0 unspecified atom stereocenters. The Kier molecular flexibility index (Phi) is 17.3. The predicted octanol–water partition coefficient (Wildman–Crippen LogP) is 6.99. The highest BCUT2D eigenvalue weighted by atomic mass is 16.6. The molecule has 0 radical (unpaired) electrons. The van der Waals surface area contributed by atoms with E-state index in [9.17, 15) is 9.59 Å². The van der Waals surface area contributed by atoms with Gasteiger partial charge in [-0.15, -0.1) is 0 Å². The van der Waals surface area contributed by atoms with Crippen LogP contribution in [0.2, 0.25) is 0 Å². The van der Waals surface area contributed by atoms with Gasteiger partial charge >= 0.3 is 11.9 Å². The Morgan fingerprint density at radius 2 is 0.857 bits per heavy atom. The van der Waals surface area contributed by atoms with E-state index in [1.165, 1.54) is 70.6 Å². The summed E-state index contributed by atoms with van der Waals surface area (Å²) in [5.74, 6) is -0.968. The molecule has 0 aromatic carbocycles. The highest BCUT2D eigenvalue weighted by Crippen LogP contribution is 2.20. The summed E-state index contributed by atoms with van der Waals surface area (Å²) in [4.78, 5) is 24.1. The SMILES string of the molecule is CCCCCCCCCCCCCCCOC(=O)C(C)(C)C(=O)OCCCC. The van der Waals surface area contributed by atoms with Gasteiger partial charge in [0.1, 0.15) is 0 Å². The van der Waals surface area contributed by atoms with Crippen LogP contribution in [0, 0.1) is 5.41 Å². The minimum absolute atomic E-state index is 0.366. The number of unbranched alkanes of at least 4 members (excludes halogenated alkanes) is 13. The van der Waals surface area contributed by atoms with Crippen LogP contribution in [0.1, 0.15) is 124 Å². The zero-order valence-electron chi connectivity index (χ0n) is 19.2. The minimum Gasteiger partial charge on any atom is -0.465 e. The number of hydrogen-bond donors (Lipinski definition) is 0. The molecule has 0 aliphatic rings. The molecule has 0 saturated heterocycles. The third-order valence-electron chi connectivity index (χ3n) is 5.23. The van der Waals surface area contributed by atoms with Gasteiger partial charge in [-0.25, -0.2) is 0 Å². The lowest BCUT2D eigenvalue weighted by molar-refractivity contribution is -0.169. The van der Waals surface area contributed by atoms with Crippen LogP contribution in [0.15, 0.2) is 0 Å². The highest BCUT2D eigenvalue weighted by Gasteiger charge is 2.39. The van der Waals surface area contributed by atoms with Crippen molar-refractivity contribution in [3.8, 4) is 0 Å². The summed E-state index contributed by atoms with van der Waals surface area (Å²) in [6, 6.07) is 0. The Morgan fingerprint density at radius 3 is 1.25 bits per heavy atom. The van der Waals surface area contributed by atoms with Crippen molar-refractivity contribution >= 4 is 11.9 Å². The van der Waals surface area contributed by atoms with Gasteiger partial charge in [-0.3, -0.25) is 9.59 Å². The molecule has 0 aliphatic carbocycles. The number of esters is 2. The Hall–Kier alpha value is -1.06. The zero-order valence-corrected chi connectivity index (χ0v) is 19.2. The smallest absolute Gasteiger partial charge is 0.322 e. The maximum absolute atomic E-state index is 12.1. The van der Waals surface area contributed by atoms with Gasteiger partial charge in [-0.05, 0) is 26.7 Å². The van der Waals surface area contributed by atoms with Gasteiger partial charge < -0.3 is 9.47 Å². The molecule has 0 aromatic rings. The third-order valence-corrected chi connectivity index (χ3v) is 5.23. The molecule has 0 aliphatic heterocycles. The number of rotatable bonds is 19. The molecule has 0 N–H and O–H groups in total. The second-order valence-electron chi connectivity index (χ2n) is 8.49. The molecule has 4 nitrogen and oxygen atoms in total. The van der Waals surface area contributed by atoms with Gasteiger partial charge in [0.2, 0.25) is 0 Å². The summed E-state index contributed by atoms with van der Waals surface area (Å²) in [6.45, 7) is 8.20. The molecule has 0 fully saturated rings. The average molecular weight is 399 g/mol. The van der Waals surface area contributed by atoms with Gasteiger partial charge in [-0.2, -0.15) is 0 Å². The fraction of sp³-hybridized carbons (Fsp3) is 0.917. The Labute approximate surface area is 174 Å². The van der Waals surface area contributed by atoms with Crippen LogP contribution in [0.5, 0.6) is 0 Å². The van der Waals surface area contributed by atoms with E-state index in [0.29, 0.717) is 13.2 Å². The number of ether oxygens (including phenoxy) is 2. The van der Waals surface area contributed by atoms with Crippen LogP contribution in [0.3, 0.4) is 0 Å². The van der Waals surface area contributed by atoms with Crippen molar-refractivity contribution in [2.45, 2.75) is 124 Å². The molecule has 166 valence electrons. The second kappa shape index (κ2) is 18.0. The topological polar surface area (TPSA) is 52.6 Å². The first-order valence-electron chi connectivity index (χ1n) is 11.8. The quantitative estimate of drug-likeness (QED) is 0.134. The van der Waals surface area contributed by atoms with Crippen LogP contribution >= 0.6 is 0 Å². The minimum atomic E-state index is -1.22. The van der Waals surface area contributed by atoms with E-state index in [0.717, 1.165) is 25.7 Å². The molecule has 28 heavy (non-hydrogen) atoms. The first kappa shape index (κ1) is 26.9. The molecule has 0 atom stereocenters. The van der Waals surface area contributed by atoms with Crippen molar-refractivity contribution in [1.29, 1.82) is 0 Å². The van der Waals surface area contributed by atoms with Crippen LogP contribution < -0.4 is 0 Å². The van der Waals surface area contributed by atoms with Crippen molar-refractivity contribution < 1.29 is 19.1 Å². The Balaban J connectivity index is 3.54. The molecule has 0 heterocycles. The van der Waals surface area contributed by atoms with Gasteiger partial charge in [-0.1, -0.05) is 97.3 Å². The first-order valence-corrected chi connectivity index (χ1v) is 11.8. The lowest BCUT2D eigenvalue weighted by Crippen LogP contribution is -2.37. The fourth-order valence-electron chi connectivity index (χ4n) is 3.04. The third kappa shape index (κ3) is 14.0. The fourth-order valence-corrected chi connectivity index (χ4v) is 3.04. The number of carbonyl (C=O) groups excluding carboxylic acids is 2. The zero-order chi connectivity index (χ0) is 21.1. The van der Waals surface area contributed by atoms with E-state index in [4.69, 9.17) is 9.47 Å². The summed E-state index contributed by atoms with van der Waals surface area (Å²) >= 11 is 0. The molecule has 0 spiro atoms. The van der Waals surface area contributed by atoms with Crippen LogP contribution in [-0.4, -0.2) is 25.2 Å². The lowest BCUT2D eigenvalue weighted by Gasteiger charge is -2.20. The summed E-state index contributed by atoms with van der Waals surface area (Å²) in [6.07, 6.45) is 18.5. The molecular formula is C24H46O4. The summed E-state index contributed by atoms with van der Waals surface area (Å²) in [7, 11) is 0. The van der Waals surface area contributed by atoms with E-state index in [1.54, 1.807) is 13.8 Å². The van der Waals surface area contributed by atoms with Gasteiger partial charge in [0.15, 0.2) is 5.41 Å². The standard InChI is InChI=1S/C24H46O4/c1-5-7-9-10-11-12-13-14-15-16-17-18-19-21-28-23(26)24(3,4)22(25)27-20-8-6-2/h5-21H2,1-4H3. The Bertz CT molecular complexity index is 390. The molecule has 0 aromatic heterocycles. The number of carbonyl (C=O) groups is 2. The molecule has 4 heteroatoms. The Morgan fingerprint density at radius 1 is 0.536 bits per heavy atom. The summed E-state index contributed by atoms with van der Waals surface area (Å²) < 4.78 is 10.4.